The smallest absolute Gasteiger partial charge is 0.0451 e. The van der Waals surface area contributed by atoms with Crippen LogP contribution in [0.1, 0.15) is 5.56 Å². The number of hydrogen-bond acceptors (Lipinski definition) is 3. The normalized spacial score (nSPS) is 18.9. The molecule has 0 aromatic heterocycles. The standard InChI is InChI=1S/C12H18ClN3/c1-15-6-8-16(9-7-15)14-10-11-4-2-3-5-12(11)13/h2-5,14H,6-10H2,1H3. The number of halogens is 1. The number of nitrogens with one attached hydrogen (secondary N) is 1. The monoisotopic (exact) mass is 239 g/mol. The number of piperazine rings is 1. The largest absolute Gasteiger partial charge is 0.304 e. The summed E-state index contributed by atoms with van der Waals surface area (Å²) in [5, 5.41) is 3.10. The molecule has 4 heteroatoms. The summed E-state index contributed by atoms with van der Waals surface area (Å²) in [5.74, 6) is 0. The van der Waals surface area contributed by atoms with E-state index < -0.39 is 0 Å². The number of likely N-dealkylation sites (N-methyl/N-ethyl adjacent to an activating group) is 1. The van der Waals surface area contributed by atoms with Crippen molar-refractivity contribution in [1.82, 2.24) is 15.3 Å². The molecule has 2 rings (SSSR count). The second kappa shape index (κ2) is 5.64. The molecule has 0 saturated carbocycles. The van der Waals surface area contributed by atoms with Gasteiger partial charge in [-0.3, -0.25) is 5.43 Å². The lowest BCUT2D eigenvalue weighted by Crippen LogP contribution is -2.50. The molecule has 1 saturated heterocycles. The average molecular weight is 240 g/mol. The summed E-state index contributed by atoms with van der Waals surface area (Å²) < 4.78 is 0. The van der Waals surface area contributed by atoms with Crippen LogP contribution in [0.15, 0.2) is 24.3 Å². The summed E-state index contributed by atoms with van der Waals surface area (Å²) in [4.78, 5) is 2.34. The van der Waals surface area contributed by atoms with Crippen molar-refractivity contribution in [2.75, 3.05) is 33.2 Å². The Kier molecular flexibility index (Phi) is 4.18. The van der Waals surface area contributed by atoms with Gasteiger partial charge in [0.05, 0.1) is 0 Å². The first kappa shape index (κ1) is 11.9. The number of rotatable bonds is 3. The van der Waals surface area contributed by atoms with E-state index in [1.54, 1.807) is 0 Å². The van der Waals surface area contributed by atoms with Gasteiger partial charge in [0.15, 0.2) is 0 Å². The van der Waals surface area contributed by atoms with Crippen molar-refractivity contribution in [1.29, 1.82) is 0 Å². The molecule has 0 spiro atoms. The van der Waals surface area contributed by atoms with Crippen molar-refractivity contribution in [3.63, 3.8) is 0 Å². The van der Waals surface area contributed by atoms with Crippen LogP contribution in [0.25, 0.3) is 0 Å². The molecule has 0 unspecified atom stereocenters. The molecule has 1 aromatic rings. The minimum absolute atomic E-state index is 0.809. The molecular weight excluding hydrogens is 222 g/mol. The summed E-state index contributed by atoms with van der Waals surface area (Å²) in [6.07, 6.45) is 0. The zero-order valence-corrected chi connectivity index (χ0v) is 10.4. The zero-order chi connectivity index (χ0) is 11.4. The fourth-order valence-electron chi connectivity index (χ4n) is 1.80. The minimum Gasteiger partial charge on any atom is -0.304 e. The summed E-state index contributed by atoms with van der Waals surface area (Å²) in [7, 11) is 2.16. The van der Waals surface area contributed by atoms with Crippen LogP contribution in [0.4, 0.5) is 0 Å². The summed E-state index contributed by atoms with van der Waals surface area (Å²) in [6, 6.07) is 7.97. The molecule has 1 N–H and O–H groups in total. The van der Waals surface area contributed by atoms with Gasteiger partial charge in [-0.1, -0.05) is 29.8 Å². The number of hydrogen-bond donors (Lipinski definition) is 1. The van der Waals surface area contributed by atoms with Crippen LogP contribution in [0, 0.1) is 0 Å². The molecule has 1 heterocycles. The fraction of sp³-hybridized carbons (Fsp3) is 0.500. The van der Waals surface area contributed by atoms with Crippen LogP contribution < -0.4 is 5.43 Å². The summed E-state index contributed by atoms with van der Waals surface area (Å²) in [5.41, 5.74) is 4.58. The Hall–Kier alpha value is -0.610. The molecule has 0 bridgehead atoms. The van der Waals surface area contributed by atoms with Gasteiger partial charge in [0.2, 0.25) is 0 Å². The van der Waals surface area contributed by atoms with E-state index in [1.807, 2.05) is 18.2 Å². The number of benzene rings is 1. The van der Waals surface area contributed by atoms with E-state index >= 15 is 0 Å². The first-order valence-corrected chi connectivity index (χ1v) is 6.04. The lowest BCUT2D eigenvalue weighted by molar-refractivity contribution is 0.102. The third kappa shape index (κ3) is 3.19. The van der Waals surface area contributed by atoms with Gasteiger partial charge in [-0.2, -0.15) is 0 Å². The van der Waals surface area contributed by atoms with Gasteiger partial charge < -0.3 is 4.90 Å². The lowest BCUT2D eigenvalue weighted by Gasteiger charge is -2.32. The molecule has 0 aliphatic carbocycles. The Labute approximate surface area is 102 Å². The Morgan fingerprint density at radius 2 is 1.88 bits per heavy atom. The second-order valence-corrected chi connectivity index (χ2v) is 4.62. The average Bonchev–Trinajstić information content (AvgIpc) is 2.30. The van der Waals surface area contributed by atoms with Crippen molar-refractivity contribution < 1.29 is 0 Å². The van der Waals surface area contributed by atoms with Crippen LogP contribution in [-0.2, 0) is 6.54 Å². The Bertz CT molecular complexity index is 335. The molecule has 0 amide bonds. The maximum atomic E-state index is 6.10. The van der Waals surface area contributed by atoms with E-state index in [0.29, 0.717) is 0 Å². The quantitative estimate of drug-likeness (QED) is 0.865. The van der Waals surface area contributed by atoms with Gasteiger partial charge in [0.25, 0.3) is 0 Å². The van der Waals surface area contributed by atoms with Crippen LogP contribution in [-0.4, -0.2) is 43.1 Å². The highest BCUT2D eigenvalue weighted by Crippen LogP contribution is 2.14. The van der Waals surface area contributed by atoms with Crippen molar-refractivity contribution in [2.24, 2.45) is 0 Å². The molecule has 1 aliphatic rings. The maximum Gasteiger partial charge on any atom is 0.0451 e. The summed E-state index contributed by atoms with van der Waals surface area (Å²) >= 11 is 6.10. The first-order valence-electron chi connectivity index (χ1n) is 5.66. The van der Waals surface area contributed by atoms with Gasteiger partial charge in [-0.25, -0.2) is 5.01 Å². The number of nitrogens with zero attached hydrogens (tertiary/aromatic N) is 2. The van der Waals surface area contributed by atoms with Crippen LogP contribution in [0.2, 0.25) is 5.02 Å². The Balaban J connectivity index is 1.81. The highest BCUT2D eigenvalue weighted by Gasteiger charge is 2.13. The molecule has 88 valence electrons. The number of hydrazine groups is 1. The van der Waals surface area contributed by atoms with Crippen LogP contribution in [0.3, 0.4) is 0 Å². The van der Waals surface area contributed by atoms with Crippen molar-refractivity contribution in [2.45, 2.75) is 6.54 Å². The molecular formula is C12H18ClN3. The third-order valence-corrected chi connectivity index (χ3v) is 3.32. The highest BCUT2D eigenvalue weighted by atomic mass is 35.5. The van der Waals surface area contributed by atoms with E-state index in [2.05, 4.69) is 28.4 Å². The molecule has 1 aromatic carbocycles. The topological polar surface area (TPSA) is 18.5 Å². The van der Waals surface area contributed by atoms with Gasteiger partial charge >= 0.3 is 0 Å². The van der Waals surface area contributed by atoms with Crippen LogP contribution in [0.5, 0.6) is 0 Å². The Morgan fingerprint density at radius 1 is 1.19 bits per heavy atom. The molecule has 0 atom stereocenters. The van der Waals surface area contributed by atoms with E-state index in [4.69, 9.17) is 11.6 Å². The first-order chi connectivity index (χ1) is 7.75. The van der Waals surface area contributed by atoms with Crippen LogP contribution >= 0.6 is 11.6 Å². The predicted octanol–water partition coefficient (Wildman–Crippen LogP) is 1.59. The van der Waals surface area contributed by atoms with Gasteiger partial charge in [0, 0.05) is 37.7 Å². The van der Waals surface area contributed by atoms with E-state index in [1.165, 1.54) is 0 Å². The highest BCUT2D eigenvalue weighted by molar-refractivity contribution is 6.31. The summed E-state index contributed by atoms with van der Waals surface area (Å²) in [6.45, 7) is 5.19. The fourth-order valence-corrected chi connectivity index (χ4v) is 2.01. The third-order valence-electron chi connectivity index (χ3n) is 2.95. The van der Waals surface area contributed by atoms with Crippen molar-refractivity contribution in [3.05, 3.63) is 34.9 Å². The van der Waals surface area contributed by atoms with Crippen molar-refractivity contribution in [3.8, 4) is 0 Å². The van der Waals surface area contributed by atoms with Gasteiger partial charge in [-0.15, -0.1) is 0 Å². The molecule has 1 aliphatic heterocycles. The zero-order valence-electron chi connectivity index (χ0n) is 9.62. The van der Waals surface area contributed by atoms with E-state index in [0.717, 1.165) is 43.3 Å². The Morgan fingerprint density at radius 3 is 2.56 bits per heavy atom. The minimum atomic E-state index is 0.809. The maximum absolute atomic E-state index is 6.10. The molecule has 0 radical (unpaired) electrons. The van der Waals surface area contributed by atoms with Crippen molar-refractivity contribution >= 4 is 11.6 Å². The van der Waals surface area contributed by atoms with E-state index in [9.17, 15) is 0 Å². The van der Waals surface area contributed by atoms with E-state index in [-0.39, 0.29) is 0 Å². The van der Waals surface area contributed by atoms with Gasteiger partial charge in [-0.05, 0) is 18.7 Å². The SMILES string of the molecule is CN1CCN(NCc2ccccc2Cl)CC1. The molecule has 1 fully saturated rings. The molecule has 3 nitrogen and oxygen atoms in total. The predicted molar refractivity (Wildman–Crippen MR) is 67.4 cm³/mol. The second-order valence-electron chi connectivity index (χ2n) is 4.22. The molecule has 16 heavy (non-hydrogen) atoms. The lowest BCUT2D eigenvalue weighted by atomic mass is 10.2. The van der Waals surface area contributed by atoms with Gasteiger partial charge in [0.1, 0.15) is 0 Å².